The van der Waals surface area contributed by atoms with Gasteiger partial charge in [0.15, 0.2) is 17.5 Å². The van der Waals surface area contributed by atoms with Gasteiger partial charge in [-0.2, -0.15) is 0 Å². The molecule has 0 radical (unpaired) electrons. The molecule has 3 rings (SSSR count). The number of fused-ring (bicyclic) bond motifs is 1. The first kappa shape index (κ1) is 18.3. The summed E-state index contributed by atoms with van der Waals surface area (Å²) in [6.45, 7) is 1.21. The molecule has 2 aromatic rings. The Kier molecular flexibility index (Phi) is 6.65. The van der Waals surface area contributed by atoms with Crippen molar-refractivity contribution >= 4 is 29.9 Å². The van der Waals surface area contributed by atoms with Gasteiger partial charge in [0.1, 0.15) is 5.82 Å². The Balaban J connectivity index is 0.00000208. The molecule has 5 nitrogen and oxygen atoms in total. The third kappa shape index (κ3) is 4.50. The number of halogens is 2. The topological polar surface area (TPSA) is 54.9 Å². The second-order valence-corrected chi connectivity index (χ2v) is 5.06. The smallest absolute Gasteiger partial charge is 0.231 e. The summed E-state index contributed by atoms with van der Waals surface area (Å²) in [5.74, 6) is 1.88. The molecule has 1 heterocycles. The highest BCUT2D eigenvalue weighted by molar-refractivity contribution is 14.0. The summed E-state index contributed by atoms with van der Waals surface area (Å²) in [5, 5.41) is 6.28. The highest BCUT2D eigenvalue weighted by Crippen LogP contribution is 2.32. The monoisotopic (exact) mass is 443 g/mol. The van der Waals surface area contributed by atoms with E-state index in [9.17, 15) is 4.39 Å². The third-order valence-electron chi connectivity index (χ3n) is 3.52. The second kappa shape index (κ2) is 8.72. The van der Waals surface area contributed by atoms with Crippen molar-refractivity contribution < 1.29 is 13.9 Å². The van der Waals surface area contributed by atoms with Crippen molar-refractivity contribution in [2.45, 2.75) is 13.1 Å². The quantitative estimate of drug-likeness (QED) is 0.434. The number of nitrogens with one attached hydrogen (secondary N) is 2. The maximum atomic E-state index is 13.6. The fraction of sp³-hybridized carbons (Fsp3) is 0.235. The number of aliphatic imine (C=N–C) groups is 1. The molecule has 24 heavy (non-hydrogen) atoms. The minimum absolute atomic E-state index is 0. The normalized spacial score (nSPS) is 12.5. The lowest BCUT2D eigenvalue weighted by Gasteiger charge is -2.12. The van der Waals surface area contributed by atoms with E-state index >= 15 is 0 Å². The molecule has 2 N–H and O–H groups in total. The molecule has 0 bridgehead atoms. The number of benzene rings is 2. The molecule has 0 saturated carbocycles. The van der Waals surface area contributed by atoms with Gasteiger partial charge in [-0.05, 0) is 23.8 Å². The molecular formula is C17H19FIN3O2. The van der Waals surface area contributed by atoms with E-state index in [1.54, 1.807) is 19.2 Å². The summed E-state index contributed by atoms with van der Waals surface area (Å²) in [7, 11) is 1.68. The average molecular weight is 443 g/mol. The third-order valence-corrected chi connectivity index (χ3v) is 3.52. The molecule has 0 spiro atoms. The number of nitrogens with zero attached hydrogens (tertiary/aromatic N) is 1. The zero-order valence-corrected chi connectivity index (χ0v) is 15.5. The number of ether oxygens (including phenoxy) is 2. The fourth-order valence-corrected chi connectivity index (χ4v) is 2.28. The van der Waals surface area contributed by atoms with Crippen LogP contribution in [0.1, 0.15) is 11.1 Å². The van der Waals surface area contributed by atoms with Gasteiger partial charge in [0.2, 0.25) is 6.79 Å². The van der Waals surface area contributed by atoms with Gasteiger partial charge in [-0.1, -0.05) is 24.3 Å². The molecule has 0 fully saturated rings. The first-order valence-electron chi connectivity index (χ1n) is 7.32. The number of rotatable bonds is 4. The van der Waals surface area contributed by atoms with Crippen molar-refractivity contribution in [3.05, 3.63) is 59.4 Å². The molecule has 1 aliphatic heterocycles. The molecule has 0 saturated heterocycles. The summed E-state index contributed by atoms with van der Waals surface area (Å²) in [6.07, 6.45) is 0. The van der Waals surface area contributed by atoms with Crippen LogP contribution in [0.3, 0.4) is 0 Å². The van der Waals surface area contributed by atoms with Crippen molar-refractivity contribution in [1.29, 1.82) is 0 Å². The van der Waals surface area contributed by atoms with E-state index in [1.165, 1.54) is 6.07 Å². The lowest BCUT2D eigenvalue weighted by molar-refractivity contribution is 0.174. The summed E-state index contributed by atoms with van der Waals surface area (Å²) < 4.78 is 24.2. The Morgan fingerprint density at radius 1 is 1.08 bits per heavy atom. The van der Waals surface area contributed by atoms with E-state index in [4.69, 9.17) is 9.47 Å². The van der Waals surface area contributed by atoms with Crippen LogP contribution in [0, 0.1) is 5.82 Å². The highest BCUT2D eigenvalue weighted by Gasteiger charge is 2.13. The van der Waals surface area contributed by atoms with Crippen LogP contribution in [0.4, 0.5) is 4.39 Å². The molecule has 0 aromatic heterocycles. The number of hydrogen-bond acceptors (Lipinski definition) is 3. The Morgan fingerprint density at radius 3 is 2.62 bits per heavy atom. The Bertz CT molecular complexity index is 725. The van der Waals surface area contributed by atoms with Crippen LogP contribution in [0.5, 0.6) is 11.5 Å². The Labute approximate surface area is 157 Å². The van der Waals surface area contributed by atoms with Crippen LogP contribution < -0.4 is 20.1 Å². The van der Waals surface area contributed by atoms with Crippen LogP contribution in [0.2, 0.25) is 0 Å². The molecular weight excluding hydrogens is 424 g/mol. The van der Waals surface area contributed by atoms with Gasteiger partial charge in [0.25, 0.3) is 0 Å². The maximum absolute atomic E-state index is 13.6. The van der Waals surface area contributed by atoms with Crippen LogP contribution in [-0.2, 0) is 13.1 Å². The van der Waals surface area contributed by atoms with Crippen LogP contribution >= 0.6 is 24.0 Å². The second-order valence-electron chi connectivity index (χ2n) is 5.06. The van der Waals surface area contributed by atoms with Gasteiger partial charge < -0.3 is 20.1 Å². The maximum Gasteiger partial charge on any atom is 0.231 e. The van der Waals surface area contributed by atoms with Crippen molar-refractivity contribution in [1.82, 2.24) is 10.6 Å². The summed E-state index contributed by atoms with van der Waals surface area (Å²) in [4.78, 5) is 4.14. The summed E-state index contributed by atoms with van der Waals surface area (Å²) in [6, 6.07) is 12.4. The summed E-state index contributed by atoms with van der Waals surface area (Å²) >= 11 is 0. The first-order valence-corrected chi connectivity index (χ1v) is 7.32. The minimum atomic E-state index is -0.230. The molecule has 0 aliphatic carbocycles. The average Bonchev–Trinajstić information content (AvgIpc) is 3.04. The lowest BCUT2D eigenvalue weighted by Crippen LogP contribution is -2.36. The van der Waals surface area contributed by atoms with Gasteiger partial charge in [0, 0.05) is 25.7 Å². The Hall–Kier alpha value is -2.03. The predicted molar refractivity (Wildman–Crippen MR) is 101 cm³/mol. The number of hydrogen-bond donors (Lipinski definition) is 2. The largest absolute Gasteiger partial charge is 0.454 e. The Morgan fingerprint density at radius 2 is 1.83 bits per heavy atom. The molecule has 0 unspecified atom stereocenters. The van der Waals surface area contributed by atoms with Gasteiger partial charge in [-0.15, -0.1) is 24.0 Å². The van der Waals surface area contributed by atoms with E-state index in [1.807, 2.05) is 24.3 Å². The fourth-order valence-electron chi connectivity index (χ4n) is 2.28. The van der Waals surface area contributed by atoms with Crippen LogP contribution in [0.15, 0.2) is 47.5 Å². The van der Waals surface area contributed by atoms with E-state index in [-0.39, 0.29) is 36.6 Å². The van der Waals surface area contributed by atoms with E-state index < -0.39 is 0 Å². The van der Waals surface area contributed by atoms with Gasteiger partial charge in [0.05, 0.1) is 0 Å². The zero-order chi connectivity index (χ0) is 16.1. The zero-order valence-electron chi connectivity index (χ0n) is 13.2. The molecule has 7 heteroatoms. The summed E-state index contributed by atoms with van der Waals surface area (Å²) in [5.41, 5.74) is 1.64. The van der Waals surface area contributed by atoms with E-state index in [2.05, 4.69) is 15.6 Å². The van der Waals surface area contributed by atoms with Gasteiger partial charge in [-0.25, -0.2) is 4.39 Å². The molecule has 128 valence electrons. The highest BCUT2D eigenvalue weighted by atomic mass is 127. The van der Waals surface area contributed by atoms with Crippen molar-refractivity contribution in [2.24, 2.45) is 4.99 Å². The van der Waals surface area contributed by atoms with Crippen molar-refractivity contribution in [2.75, 3.05) is 13.8 Å². The van der Waals surface area contributed by atoms with Crippen molar-refractivity contribution in [3.63, 3.8) is 0 Å². The predicted octanol–water partition coefficient (Wildman–Crippen LogP) is 3.04. The van der Waals surface area contributed by atoms with Crippen molar-refractivity contribution in [3.8, 4) is 11.5 Å². The van der Waals surface area contributed by atoms with Gasteiger partial charge in [-0.3, -0.25) is 4.99 Å². The lowest BCUT2D eigenvalue weighted by atomic mass is 10.2. The first-order chi connectivity index (χ1) is 11.3. The number of guanidine groups is 1. The van der Waals surface area contributed by atoms with Crippen LogP contribution in [0.25, 0.3) is 0 Å². The van der Waals surface area contributed by atoms with E-state index in [0.29, 0.717) is 24.6 Å². The SMILES string of the molecule is CN=C(NCc1ccc2c(c1)OCO2)NCc1ccccc1F.I. The standard InChI is InChI=1S/C17H18FN3O2.HI/c1-19-17(21-10-13-4-2-3-5-14(13)18)20-9-12-6-7-15-16(8-12)23-11-22-15;/h2-8H,9-11H2,1H3,(H2,19,20,21);1H. The molecule has 0 atom stereocenters. The minimum Gasteiger partial charge on any atom is -0.454 e. The molecule has 1 aliphatic rings. The van der Waals surface area contributed by atoms with Gasteiger partial charge >= 0.3 is 0 Å². The molecule has 0 amide bonds. The molecule has 2 aromatic carbocycles. The van der Waals surface area contributed by atoms with Crippen LogP contribution in [-0.4, -0.2) is 19.8 Å². The van der Waals surface area contributed by atoms with E-state index in [0.717, 1.165) is 17.1 Å².